The summed E-state index contributed by atoms with van der Waals surface area (Å²) in [5.41, 5.74) is 1.11. The van der Waals surface area contributed by atoms with Gasteiger partial charge in [-0.15, -0.1) is 5.10 Å². The zero-order valence-corrected chi connectivity index (χ0v) is 11.3. The molecule has 0 spiro atoms. The van der Waals surface area contributed by atoms with Gasteiger partial charge in [-0.1, -0.05) is 26.0 Å². The lowest BCUT2D eigenvalue weighted by molar-refractivity contribution is 0.183. The van der Waals surface area contributed by atoms with E-state index in [9.17, 15) is 0 Å². The van der Waals surface area contributed by atoms with Crippen molar-refractivity contribution in [2.24, 2.45) is 11.8 Å². The average Bonchev–Trinajstić information content (AvgIpc) is 2.68. The van der Waals surface area contributed by atoms with Gasteiger partial charge < -0.3 is 0 Å². The van der Waals surface area contributed by atoms with E-state index in [0.717, 1.165) is 24.7 Å². The van der Waals surface area contributed by atoms with Crippen molar-refractivity contribution >= 4 is 0 Å². The number of hydrogen-bond donors (Lipinski definition) is 0. The molecule has 1 aromatic rings. The van der Waals surface area contributed by atoms with Gasteiger partial charge in [-0.05, 0) is 37.8 Å². The molecule has 0 N–H and O–H groups in total. The Morgan fingerprint density at radius 3 is 2.71 bits per heavy atom. The summed E-state index contributed by atoms with van der Waals surface area (Å²) in [6.07, 6.45) is 4.73. The number of aromatic nitrogens is 3. The van der Waals surface area contributed by atoms with Crippen LogP contribution < -0.4 is 0 Å². The standard InChI is InChI=1S/C13H24N4/c1-11(2)8-17-10-13(14-15-17)9-16-6-4-12(3)5-7-16/h10-12H,4-9H2,1-3H3. The monoisotopic (exact) mass is 236 g/mol. The van der Waals surface area contributed by atoms with Gasteiger partial charge in [0.1, 0.15) is 0 Å². The minimum atomic E-state index is 0.625. The van der Waals surface area contributed by atoms with E-state index in [1.165, 1.54) is 25.9 Å². The molecule has 4 heteroatoms. The lowest BCUT2D eigenvalue weighted by Crippen LogP contribution is -2.32. The van der Waals surface area contributed by atoms with E-state index in [1.54, 1.807) is 0 Å². The van der Waals surface area contributed by atoms with Gasteiger partial charge in [0, 0.05) is 19.3 Å². The molecule has 0 aromatic carbocycles. The maximum absolute atomic E-state index is 4.25. The maximum atomic E-state index is 4.25. The van der Waals surface area contributed by atoms with Crippen LogP contribution in [0.4, 0.5) is 0 Å². The van der Waals surface area contributed by atoms with Crippen molar-refractivity contribution in [1.29, 1.82) is 0 Å². The van der Waals surface area contributed by atoms with Crippen molar-refractivity contribution in [3.8, 4) is 0 Å². The normalized spacial score (nSPS) is 19.1. The Bertz CT molecular complexity index is 337. The summed E-state index contributed by atoms with van der Waals surface area (Å²) >= 11 is 0. The molecule has 1 saturated heterocycles. The summed E-state index contributed by atoms with van der Waals surface area (Å²) in [5.74, 6) is 1.52. The van der Waals surface area contributed by atoms with E-state index in [0.29, 0.717) is 5.92 Å². The molecule has 0 radical (unpaired) electrons. The number of rotatable bonds is 4. The van der Waals surface area contributed by atoms with Crippen LogP contribution >= 0.6 is 0 Å². The molecule has 1 aliphatic heterocycles. The highest BCUT2D eigenvalue weighted by atomic mass is 15.4. The molecule has 2 rings (SSSR count). The summed E-state index contributed by atoms with van der Waals surface area (Å²) in [6, 6.07) is 0. The Morgan fingerprint density at radius 1 is 1.35 bits per heavy atom. The van der Waals surface area contributed by atoms with Crippen LogP contribution in [-0.2, 0) is 13.1 Å². The Kier molecular flexibility index (Phi) is 4.15. The Balaban J connectivity index is 1.84. The predicted octanol–water partition coefficient (Wildman–Crippen LogP) is 2.17. The molecule has 1 aromatic heterocycles. The van der Waals surface area contributed by atoms with Crippen LogP contribution in [-0.4, -0.2) is 33.0 Å². The van der Waals surface area contributed by atoms with Gasteiger partial charge in [-0.25, -0.2) is 0 Å². The van der Waals surface area contributed by atoms with Crippen LogP contribution in [0.1, 0.15) is 39.3 Å². The first kappa shape index (κ1) is 12.6. The van der Waals surface area contributed by atoms with Crippen LogP contribution in [0, 0.1) is 11.8 Å². The third-order valence-electron chi connectivity index (χ3n) is 3.40. The highest BCUT2D eigenvalue weighted by Crippen LogP contribution is 2.17. The minimum absolute atomic E-state index is 0.625. The number of piperidine rings is 1. The molecule has 17 heavy (non-hydrogen) atoms. The second-order valence-corrected chi connectivity index (χ2v) is 5.78. The first-order valence-corrected chi connectivity index (χ1v) is 6.75. The topological polar surface area (TPSA) is 34.0 Å². The van der Waals surface area contributed by atoms with Crippen LogP contribution in [0.15, 0.2) is 6.20 Å². The predicted molar refractivity (Wildman–Crippen MR) is 68.5 cm³/mol. The van der Waals surface area contributed by atoms with Gasteiger partial charge in [0.15, 0.2) is 0 Å². The Morgan fingerprint density at radius 2 is 2.06 bits per heavy atom. The number of hydrogen-bond acceptors (Lipinski definition) is 3. The Hall–Kier alpha value is -0.900. The lowest BCUT2D eigenvalue weighted by atomic mass is 9.99. The van der Waals surface area contributed by atoms with Crippen molar-refractivity contribution in [3.63, 3.8) is 0 Å². The fourth-order valence-corrected chi connectivity index (χ4v) is 2.32. The summed E-state index contributed by atoms with van der Waals surface area (Å²) in [7, 11) is 0. The smallest absolute Gasteiger partial charge is 0.0967 e. The van der Waals surface area contributed by atoms with E-state index in [-0.39, 0.29) is 0 Å². The first-order chi connectivity index (χ1) is 8.13. The van der Waals surface area contributed by atoms with Crippen molar-refractivity contribution in [1.82, 2.24) is 19.9 Å². The number of likely N-dealkylation sites (tertiary alicyclic amines) is 1. The maximum Gasteiger partial charge on any atom is 0.0967 e. The summed E-state index contributed by atoms with van der Waals surface area (Å²) in [6.45, 7) is 11.1. The van der Waals surface area contributed by atoms with Gasteiger partial charge in [-0.2, -0.15) is 0 Å². The summed E-state index contributed by atoms with van der Waals surface area (Å²) in [5, 5.41) is 8.43. The van der Waals surface area contributed by atoms with Gasteiger partial charge in [-0.3, -0.25) is 9.58 Å². The van der Waals surface area contributed by atoms with E-state index < -0.39 is 0 Å². The third kappa shape index (κ3) is 3.80. The molecule has 0 unspecified atom stereocenters. The molecule has 1 aliphatic rings. The van der Waals surface area contributed by atoms with E-state index in [2.05, 4.69) is 42.2 Å². The summed E-state index contributed by atoms with van der Waals surface area (Å²) in [4.78, 5) is 2.49. The fraction of sp³-hybridized carbons (Fsp3) is 0.846. The SMILES string of the molecule is CC(C)Cn1cc(CN2CCC(C)CC2)nn1. The largest absolute Gasteiger partial charge is 0.297 e. The highest BCUT2D eigenvalue weighted by Gasteiger charge is 2.16. The fourth-order valence-electron chi connectivity index (χ4n) is 2.32. The van der Waals surface area contributed by atoms with Crippen LogP contribution in [0.5, 0.6) is 0 Å². The average molecular weight is 236 g/mol. The molecule has 2 heterocycles. The Labute approximate surface area is 104 Å². The summed E-state index contributed by atoms with van der Waals surface area (Å²) < 4.78 is 1.96. The number of nitrogens with zero attached hydrogens (tertiary/aromatic N) is 4. The van der Waals surface area contributed by atoms with Crippen LogP contribution in [0.25, 0.3) is 0 Å². The molecule has 1 fully saturated rings. The third-order valence-corrected chi connectivity index (χ3v) is 3.40. The molecule has 0 atom stereocenters. The molecule has 0 aliphatic carbocycles. The molecule has 4 nitrogen and oxygen atoms in total. The van der Waals surface area contributed by atoms with Crippen LogP contribution in [0.3, 0.4) is 0 Å². The molecular formula is C13H24N4. The van der Waals surface area contributed by atoms with E-state index >= 15 is 0 Å². The molecule has 96 valence electrons. The van der Waals surface area contributed by atoms with Crippen molar-refractivity contribution < 1.29 is 0 Å². The molecule has 0 bridgehead atoms. The quantitative estimate of drug-likeness (QED) is 0.803. The second kappa shape index (κ2) is 5.63. The van der Waals surface area contributed by atoms with Crippen molar-refractivity contribution in [3.05, 3.63) is 11.9 Å². The first-order valence-electron chi connectivity index (χ1n) is 6.75. The van der Waals surface area contributed by atoms with Crippen LogP contribution in [0.2, 0.25) is 0 Å². The van der Waals surface area contributed by atoms with Crippen molar-refractivity contribution in [2.75, 3.05) is 13.1 Å². The minimum Gasteiger partial charge on any atom is -0.297 e. The highest BCUT2D eigenvalue weighted by molar-refractivity contribution is 4.92. The van der Waals surface area contributed by atoms with Gasteiger partial charge >= 0.3 is 0 Å². The van der Waals surface area contributed by atoms with Gasteiger partial charge in [0.25, 0.3) is 0 Å². The van der Waals surface area contributed by atoms with Crippen molar-refractivity contribution in [2.45, 2.75) is 46.7 Å². The molecule has 0 amide bonds. The lowest BCUT2D eigenvalue weighted by Gasteiger charge is -2.29. The zero-order valence-electron chi connectivity index (χ0n) is 11.3. The van der Waals surface area contributed by atoms with Gasteiger partial charge in [0.2, 0.25) is 0 Å². The van der Waals surface area contributed by atoms with E-state index in [4.69, 9.17) is 0 Å². The van der Waals surface area contributed by atoms with E-state index in [1.807, 2.05) is 4.68 Å². The molecule has 0 saturated carbocycles. The second-order valence-electron chi connectivity index (χ2n) is 5.78. The molecular weight excluding hydrogens is 212 g/mol. The van der Waals surface area contributed by atoms with Gasteiger partial charge in [0.05, 0.1) is 5.69 Å². The zero-order chi connectivity index (χ0) is 12.3.